The van der Waals surface area contributed by atoms with Crippen LogP contribution >= 0.6 is 0 Å². The van der Waals surface area contributed by atoms with E-state index in [-0.39, 0.29) is 0 Å². The van der Waals surface area contributed by atoms with Crippen LogP contribution in [0.1, 0.15) is 20.8 Å². The molecular weight excluding hydrogens is 136 g/mol. The molecule has 1 saturated heterocycles. The molecule has 1 aliphatic rings. The molecular formula is C9H20N2. The standard InChI is InChI=1S/C9H20N2/c1-7(2)9-5-10-8(3)11(4)6-9/h7-10H,5-6H2,1-4H3. The Morgan fingerprint density at radius 3 is 2.55 bits per heavy atom. The van der Waals surface area contributed by atoms with E-state index in [1.54, 1.807) is 0 Å². The minimum absolute atomic E-state index is 0.560. The SMILES string of the molecule is CC(C)C1CNC(C)N(C)C1. The Balaban J connectivity index is 2.40. The molecule has 1 N–H and O–H groups in total. The first-order valence-corrected chi connectivity index (χ1v) is 4.55. The summed E-state index contributed by atoms with van der Waals surface area (Å²) in [6.45, 7) is 9.25. The summed E-state index contributed by atoms with van der Waals surface area (Å²) in [5, 5.41) is 3.49. The monoisotopic (exact) mass is 156 g/mol. The van der Waals surface area contributed by atoms with Crippen LogP contribution < -0.4 is 5.32 Å². The van der Waals surface area contributed by atoms with E-state index in [1.165, 1.54) is 13.1 Å². The minimum Gasteiger partial charge on any atom is -0.302 e. The summed E-state index contributed by atoms with van der Waals surface area (Å²) in [5.41, 5.74) is 0. The summed E-state index contributed by atoms with van der Waals surface area (Å²) in [5.74, 6) is 1.63. The second kappa shape index (κ2) is 3.55. The summed E-state index contributed by atoms with van der Waals surface area (Å²) >= 11 is 0. The molecule has 0 radical (unpaired) electrons. The molecule has 0 aromatic rings. The van der Waals surface area contributed by atoms with E-state index in [4.69, 9.17) is 0 Å². The molecule has 2 heteroatoms. The average Bonchev–Trinajstić information content (AvgIpc) is 1.94. The van der Waals surface area contributed by atoms with Crippen LogP contribution in [-0.4, -0.2) is 31.2 Å². The summed E-state index contributed by atoms with van der Waals surface area (Å²) in [4.78, 5) is 2.38. The molecule has 0 aromatic carbocycles. The molecule has 2 unspecified atom stereocenters. The third kappa shape index (κ3) is 2.17. The highest BCUT2D eigenvalue weighted by atomic mass is 15.3. The van der Waals surface area contributed by atoms with Crippen LogP contribution in [0.4, 0.5) is 0 Å². The van der Waals surface area contributed by atoms with Crippen molar-refractivity contribution in [2.24, 2.45) is 11.8 Å². The second-order valence-corrected chi connectivity index (χ2v) is 4.03. The first-order chi connectivity index (χ1) is 5.11. The fourth-order valence-electron chi connectivity index (χ4n) is 1.52. The lowest BCUT2D eigenvalue weighted by atomic mass is 9.93. The molecule has 1 fully saturated rings. The van der Waals surface area contributed by atoms with Crippen LogP contribution in [0.15, 0.2) is 0 Å². The van der Waals surface area contributed by atoms with Crippen molar-refractivity contribution in [2.75, 3.05) is 20.1 Å². The van der Waals surface area contributed by atoms with Gasteiger partial charge in [0.25, 0.3) is 0 Å². The normalized spacial score (nSPS) is 34.6. The number of nitrogens with zero attached hydrogens (tertiary/aromatic N) is 1. The maximum Gasteiger partial charge on any atom is 0.0565 e. The lowest BCUT2D eigenvalue weighted by molar-refractivity contribution is 0.113. The van der Waals surface area contributed by atoms with Gasteiger partial charge in [0.05, 0.1) is 6.17 Å². The lowest BCUT2D eigenvalue weighted by Gasteiger charge is -2.37. The van der Waals surface area contributed by atoms with Gasteiger partial charge in [-0.05, 0) is 25.8 Å². The third-order valence-electron chi connectivity index (χ3n) is 2.80. The molecule has 66 valence electrons. The number of nitrogens with one attached hydrogen (secondary N) is 1. The molecule has 0 spiro atoms. The molecule has 0 aromatic heterocycles. The summed E-state index contributed by atoms with van der Waals surface area (Å²) in [6.07, 6.45) is 0.560. The van der Waals surface area contributed by atoms with Gasteiger partial charge >= 0.3 is 0 Å². The Labute approximate surface area is 70.0 Å². The van der Waals surface area contributed by atoms with Gasteiger partial charge in [0.1, 0.15) is 0 Å². The van der Waals surface area contributed by atoms with Crippen molar-refractivity contribution in [2.45, 2.75) is 26.9 Å². The first-order valence-electron chi connectivity index (χ1n) is 4.55. The van der Waals surface area contributed by atoms with Crippen LogP contribution in [0.5, 0.6) is 0 Å². The van der Waals surface area contributed by atoms with E-state index < -0.39 is 0 Å². The van der Waals surface area contributed by atoms with Gasteiger partial charge in [-0.25, -0.2) is 0 Å². The van der Waals surface area contributed by atoms with E-state index in [9.17, 15) is 0 Å². The Kier molecular flexibility index (Phi) is 2.90. The Morgan fingerprint density at radius 1 is 1.45 bits per heavy atom. The minimum atomic E-state index is 0.560. The fraction of sp³-hybridized carbons (Fsp3) is 1.00. The van der Waals surface area contributed by atoms with Crippen molar-refractivity contribution < 1.29 is 0 Å². The van der Waals surface area contributed by atoms with E-state index in [2.05, 4.69) is 38.0 Å². The van der Waals surface area contributed by atoms with Gasteiger partial charge in [-0.3, -0.25) is 4.90 Å². The Hall–Kier alpha value is -0.0800. The van der Waals surface area contributed by atoms with Crippen LogP contribution in [0, 0.1) is 11.8 Å². The van der Waals surface area contributed by atoms with Gasteiger partial charge in [-0.1, -0.05) is 13.8 Å². The maximum atomic E-state index is 3.49. The third-order valence-corrected chi connectivity index (χ3v) is 2.80. The van der Waals surface area contributed by atoms with E-state index >= 15 is 0 Å². The topological polar surface area (TPSA) is 15.3 Å². The fourth-order valence-corrected chi connectivity index (χ4v) is 1.52. The second-order valence-electron chi connectivity index (χ2n) is 4.03. The first kappa shape index (κ1) is 9.01. The molecule has 0 amide bonds. The van der Waals surface area contributed by atoms with Gasteiger partial charge in [-0.15, -0.1) is 0 Å². The quantitative estimate of drug-likeness (QED) is 0.612. The highest BCUT2D eigenvalue weighted by Crippen LogP contribution is 2.15. The van der Waals surface area contributed by atoms with Crippen molar-refractivity contribution in [3.8, 4) is 0 Å². The van der Waals surface area contributed by atoms with Gasteiger partial charge in [0.2, 0.25) is 0 Å². The largest absolute Gasteiger partial charge is 0.302 e. The summed E-state index contributed by atoms with van der Waals surface area (Å²) in [7, 11) is 2.19. The zero-order chi connectivity index (χ0) is 8.43. The predicted octanol–water partition coefficient (Wildman–Crippen LogP) is 1.14. The van der Waals surface area contributed by atoms with Crippen molar-refractivity contribution in [1.82, 2.24) is 10.2 Å². The highest BCUT2D eigenvalue weighted by molar-refractivity contribution is 4.77. The van der Waals surface area contributed by atoms with Crippen LogP contribution in [0.25, 0.3) is 0 Å². The molecule has 11 heavy (non-hydrogen) atoms. The number of hydrogen-bond acceptors (Lipinski definition) is 2. The van der Waals surface area contributed by atoms with Crippen molar-refractivity contribution in [3.05, 3.63) is 0 Å². The predicted molar refractivity (Wildman–Crippen MR) is 48.4 cm³/mol. The Bertz CT molecular complexity index is 123. The summed E-state index contributed by atoms with van der Waals surface area (Å²) < 4.78 is 0. The molecule has 1 aliphatic heterocycles. The maximum absolute atomic E-state index is 3.49. The molecule has 0 aliphatic carbocycles. The zero-order valence-electron chi connectivity index (χ0n) is 8.09. The summed E-state index contributed by atoms with van der Waals surface area (Å²) in [6, 6.07) is 0. The van der Waals surface area contributed by atoms with E-state index in [0.29, 0.717) is 6.17 Å². The number of rotatable bonds is 1. The molecule has 0 saturated carbocycles. The van der Waals surface area contributed by atoms with Crippen molar-refractivity contribution >= 4 is 0 Å². The van der Waals surface area contributed by atoms with E-state index in [0.717, 1.165) is 11.8 Å². The zero-order valence-corrected chi connectivity index (χ0v) is 8.09. The lowest BCUT2D eigenvalue weighted by Crippen LogP contribution is -2.52. The van der Waals surface area contributed by atoms with Gasteiger partial charge in [0.15, 0.2) is 0 Å². The van der Waals surface area contributed by atoms with Crippen molar-refractivity contribution in [1.29, 1.82) is 0 Å². The molecule has 1 rings (SSSR count). The van der Waals surface area contributed by atoms with Gasteiger partial charge < -0.3 is 5.32 Å². The average molecular weight is 156 g/mol. The molecule has 2 atom stereocenters. The van der Waals surface area contributed by atoms with Crippen molar-refractivity contribution in [3.63, 3.8) is 0 Å². The van der Waals surface area contributed by atoms with E-state index in [1.807, 2.05) is 0 Å². The van der Waals surface area contributed by atoms with Gasteiger partial charge in [0, 0.05) is 13.1 Å². The van der Waals surface area contributed by atoms with Crippen LogP contribution in [0.2, 0.25) is 0 Å². The molecule has 1 heterocycles. The smallest absolute Gasteiger partial charge is 0.0565 e. The number of hydrogen-bond donors (Lipinski definition) is 1. The molecule has 2 nitrogen and oxygen atoms in total. The highest BCUT2D eigenvalue weighted by Gasteiger charge is 2.23. The van der Waals surface area contributed by atoms with Crippen LogP contribution in [0.3, 0.4) is 0 Å². The Morgan fingerprint density at radius 2 is 2.09 bits per heavy atom. The molecule has 0 bridgehead atoms. The van der Waals surface area contributed by atoms with Gasteiger partial charge in [-0.2, -0.15) is 0 Å². The van der Waals surface area contributed by atoms with Crippen LogP contribution in [-0.2, 0) is 0 Å².